The number of halogens is 3. The highest BCUT2D eigenvalue weighted by Crippen LogP contribution is 2.28. The number of benzene rings is 1. The molecule has 0 aliphatic carbocycles. The summed E-state index contributed by atoms with van der Waals surface area (Å²) in [5, 5.41) is 6.66. The number of hydrogen-bond donors (Lipinski definition) is 1. The van der Waals surface area contributed by atoms with Crippen molar-refractivity contribution in [3.63, 3.8) is 0 Å². The molecule has 9 heteroatoms. The first kappa shape index (κ1) is 21.8. The molecular formula is C22H28F3N5O. The molecule has 3 heterocycles. The Kier molecular flexibility index (Phi) is 6.34. The molecule has 2 fully saturated rings. The molecule has 2 aliphatic rings. The topological polar surface area (TPSA) is 53.4 Å². The Bertz CT molecular complexity index is 879. The van der Waals surface area contributed by atoms with E-state index >= 15 is 0 Å². The number of amides is 1. The quantitative estimate of drug-likeness (QED) is 0.802. The molecule has 4 rings (SSSR count). The van der Waals surface area contributed by atoms with Crippen LogP contribution in [0.3, 0.4) is 0 Å². The van der Waals surface area contributed by atoms with Crippen LogP contribution in [-0.4, -0.2) is 70.8 Å². The fraction of sp³-hybridized carbons (Fsp3) is 0.545. The predicted octanol–water partition coefficient (Wildman–Crippen LogP) is 3.18. The number of likely N-dealkylation sites (tertiary alicyclic amines) is 2. The van der Waals surface area contributed by atoms with Gasteiger partial charge >= 0.3 is 6.18 Å². The van der Waals surface area contributed by atoms with Crippen LogP contribution in [0.25, 0.3) is 5.69 Å². The fourth-order valence-electron chi connectivity index (χ4n) is 4.42. The molecule has 0 atom stereocenters. The molecule has 6 nitrogen and oxygen atoms in total. The molecule has 2 saturated heterocycles. The van der Waals surface area contributed by atoms with Crippen LogP contribution < -0.4 is 5.32 Å². The first-order chi connectivity index (χ1) is 14.8. The Labute approximate surface area is 180 Å². The molecule has 0 bridgehead atoms. The summed E-state index contributed by atoms with van der Waals surface area (Å²) < 4.78 is 39.3. The molecule has 2 aromatic rings. The summed E-state index contributed by atoms with van der Waals surface area (Å²) in [6, 6.07) is 8.17. The minimum Gasteiger partial charge on any atom is -0.349 e. The van der Waals surface area contributed by atoms with E-state index in [9.17, 15) is 18.0 Å². The van der Waals surface area contributed by atoms with Gasteiger partial charge in [0.2, 0.25) is 0 Å². The zero-order valence-corrected chi connectivity index (χ0v) is 17.6. The molecule has 0 saturated carbocycles. The fourth-order valence-corrected chi connectivity index (χ4v) is 4.42. The monoisotopic (exact) mass is 435 g/mol. The van der Waals surface area contributed by atoms with Gasteiger partial charge in [0.15, 0.2) is 5.69 Å². The van der Waals surface area contributed by atoms with Crippen molar-refractivity contribution in [2.45, 2.75) is 43.9 Å². The smallest absolute Gasteiger partial charge is 0.349 e. The van der Waals surface area contributed by atoms with Gasteiger partial charge in [-0.1, -0.05) is 0 Å². The van der Waals surface area contributed by atoms with E-state index in [2.05, 4.69) is 27.3 Å². The van der Waals surface area contributed by atoms with Gasteiger partial charge in [-0.25, -0.2) is 4.68 Å². The summed E-state index contributed by atoms with van der Waals surface area (Å²) >= 11 is 0. The zero-order valence-electron chi connectivity index (χ0n) is 17.6. The maximum Gasteiger partial charge on any atom is 0.435 e. The third-order valence-electron chi connectivity index (χ3n) is 6.34. The Morgan fingerprint density at radius 3 is 2.23 bits per heavy atom. The summed E-state index contributed by atoms with van der Waals surface area (Å²) in [6.45, 7) is 4.29. The van der Waals surface area contributed by atoms with E-state index in [-0.39, 0.29) is 11.9 Å². The second-order valence-electron chi connectivity index (χ2n) is 8.51. The van der Waals surface area contributed by atoms with E-state index in [1.54, 1.807) is 24.3 Å². The lowest BCUT2D eigenvalue weighted by Gasteiger charge is -2.41. The highest BCUT2D eigenvalue weighted by molar-refractivity contribution is 5.94. The van der Waals surface area contributed by atoms with E-state index in [1.165, 1.54) is 19.0 Å². The first-order valence-electron chi connectivity index (χ1n) is 10.8. The van der Waals surface area contributed by atoms with Crippen LogP contribution in [0.5, 0.6) is 0 Å². The summed E-state index contributed by atoms with van der Waals surface area (Å²) in [7, 11) is 2.17. The molecule has 0 radical (unpaired) electrons. The lowest BCUT2D eigenvalue weighted by Crippen LogP contribution is -2.50. The summed E-state index contributed by atoms with van der Waals surface area (Å²) in [5.74, 6) is -0.152. The van der Waals surface area contributed by atoms with Gasteiger partial charge in [-0.15, -0.1) is 0 Å². The van der Waals surface area contributed by atoms with Crippen LogP contribution in [0, 0.1) is 0 Å². The number of nitrogens with zero attached hydrogens (tertiary/aromatic N) is 4. The number of aromatic nitrogens is 2. The van der Waals surface area contributed by atoms with Crippen LogP contribution in [0.2, 0.25) is 0 Å². The minimum atomic E-state index is -4.48. The Balaban J connectivity index is 1.29. The van der Waals surface area contributed by atoms with Crippen molar-refractivity contribution in [1.82, 2.24) is 24.9 Å². The average molecular weight is 435 g/mol. The maximum atomic E-state index is 12.7. The minimum absolute atomic E-state index is 0.148. The third-order valence-corrected chi connectivity index (χ3v) is 6.34. The summed E-state index contributed by atoms with van der Waals surface area (Å²) in [4.78, 5) is 17.5. The van der Waals surface area contributed by atoms with Gasteiger partial charge in [0.25, 0.3) is 5.91 Å². The molecular weight excluding hydrogens is 407 g/mol. The van der Waals surface area contributed by atoms with Crippen molar-refractivity contribution < 1.29 is 18.0 Å². The maximum absolute atomic E-state index is 12.7. The van der Waals surface area contributed by atoms with Gasteiger partial charge in [0.05, 0.1) is 5.69 Å². The van der Waals surface area contributed by atoms with Crippen LogP contribution in [0.1, 0.15) is 41.7 Å². The largest absolute Gasteiger partial charge is 0.435 e. The molecule has 1 amide bonds. The molecule has 31 heavy (non-hydrogen) atoms. The zero-order chi connectivity index (χ0) is 22.0. The predicted molar refractivity (Wildman–Crippen MR) is 111 cm³/mol. The lowest BCUT2D eigenvalue weighted by atomic mass is 9.98. The summed E-state index contributed by atoms with van der Waals surface area (Å²) in [5.41, 5.74) is 0.0177. The second-order valence-corrected chi connectivity index (χ2v) is 8.51. The van der Waals surface area contributed by atoms with Crippen molar-refractivity contribution >= 4 is 5.91 Å². The van der Waals surface area contributed by atoms with Crippen LogP contribution in [0.4, 0.5) is 13.2 Å². The van der Waals surface area contributed by atoms with Gasteiger partial charge in [0.1, 0.15) is 0 Å². The highest BCUT2D eigenvalue weighted by Gasteiger charge is 2.33. The van der Waals surface area contributed by atoms with Crippen LogP contribution in [0.15, 0.2) is 36.5 Å². The van der Waals surface area contributed by atoms with E-state index in [4.69, 9.17) is 0 Å². The van der Waals surface area contributed by atoms with Crippen molar-refractivity contribution in [2.75, 3.05) is 33.2 Å². The first-order valence-corrected chi connectivity index (χ1v) is 10.8. The molecule has 0 spiro atoms. The molecule has 1 aromatic heterocycles. The number of piperidine rings is 2. The normalized spacial score (nSPS) is 20.1. The van der Waals surface area contributed by atoms with Crippen molar-refractivity contribution in [2.24, 2.45) is 0 Å². The number of nitrogens with one attached hydrogen (secondary N) is 1. The van der Waals surface area contributed by atoms with Gasteiger partial charge in [-0.3, -0.25) is 4.79 Å². The van der Waals surface area contributed by atoms with E-state index < -0.39 is 11.9 Å². The number of carbonyl (C=O) groups is 1. The number of alkyl halides is 3. The van der Waals surface area contributed by atoms with E-state index in [0.29, 0.717) is 17.3 Å². The van der Waals surface area contributed by atoms with E-state index in [0.717, 1.165) is 49.8 Å². The van der Waals surface area contributed by atoms with Crippen LogP contribution >= 0.6 is 0 Å². The summed E-state index contributed by atoms with van der Waals surface area (Å²) in [6.07, 6.45) is 1.07. The number of hydrogen-bond acceptors (Lipinski definition) is 4. The highest BCUT2D eigenvalue weighted by atomic mass is 19.4. The average Bonchev–Trinajstić information content (AvgIpc) is 3.26. The van der Waals surface area contributed by atoms with Crippen molar-refractivity contribution in [3.05, 3.63) is 47.8 Å². The van der Waals surface area contributed by atoms with Gasteiger partial charge in [-0.05, 0) is 76.2 Å². The van der Waals surface area contributed by atoms with Crippen molar-refractivity contribution in [1.29, 1.82) is 0 Å². The Morgan fingerprint density at radius 1 is 1.00 bits per heavy atom. The van der Waals surface area contributed by atoms with Gasteiger partial charge in [-0.2, -0.15) is 18.3 Å². The second kappa shape index (κ2) is 9.00. The van der Waals surface area contributed by atoms with Crippen molar-refractivity contribution in [3.8, 4) is 5.69 Å². The molecule has 1 aromatic carbocycles. The Hall–Kier alpha value is -2.39. The van der Waals surface area contributed by atoms with Gasteiger partial charge < -0.3 is 15.1 Å². The molecule has 1 N–H and O–H groups in total. The Morgan fingerprint density at radius 2 is 1.65 bits per heavy atom. The number of carbonyl (C=O) groups excluding carboxylic acids is 1. The van der Waals surface area contributed by atoms with Crippen LogP contribution in [-0.2, 0) is 6.18 Å². The lowest BCUT2D eigenvalue weighted by molar-refractivity contribution is -0.141. The SMILES string of the molecule is CN1CCC(N2CCC(NC(=O)c3ccc(-n4ccc(C(F)(F)F)n4)cc3)CC2)CC1. The third kappa shape index (κ3) is 5.27. The van der Waals surface area contributed by atoms with E-state index in [1.807, 2.05) is 0 Å². The number of rotatable bonds is 4. The van der Waals surface area contributed by atoms with Gasteiger partial charge in [0, 0.05) is 36.9 Å². The molecule has 2 aliphatic heterocycles. The molecule has 0 unspecified atom stereocenters. The molecule has 168 valence electrons. The standard InChI is InChI=1S/C22H28F3N5O/c1-28-11-8-18(9-12-28)29-13-6-17(7-14-29)26-21(31)16-2-4-19(5-3-16)30-15-10-20(27-30)22(23,24)25/h2-5,10,15,17-18H,6-9,11-14H2,1H3,(H,26,31).